The molecule has 0 spiro atoms. The highest BCUT2D eigenvalue weighted by Gasteiger charge is 2.21. The van der Waals surface area contributed by atoms with Gasteiger partial charge in [0.1, 0.15) is 22.9 Å². The van der Waals surface area contributed by atoms with E-state index in [9.17, 15) is 0 Å². The molecule has 44 heavy (non-hydrogen) atoms. The van der Waals surface area contributed by atoms with E-state index in [1.807, 2.05) is 83.6 Å². The molecular formula is C39H29N3O2. The van der Waals surface area contributed by atoms with Crippen molar-refractivity contribution in [3.63, 3.8) is 0 Å². The van der Waals surface area contributed by atoms with Crippen molar-refractivity contribution >= 4 is 0 Å². The highest BCUT2D eigenvalue weighted by atomic mass is 16.5. The van der Waals surface area contributed by atoms with Gasteiger partial charge in [0.25, 0.3) is 0 Å². The van der Waals surface area contributed by atoms with Crippen LogP contribution in [0.3, 0.4) is 0 Å². The van der Waals surface area contributed by atoms with Gasteiger partial charge in [0.2, 0.25) is 5.88 Å². The first kappa shape index (κ1) is 26.8. The van der Waals surface area contributed by atoms with E-state index in [1.54, 1.807) is 6.20 Å². The predicted molar refractivity (Wildman–Crippen MR) is 174 cm³/mol. The summed E-state index contributed by atoms with van der Waals surface area (Å²) < 4.78 is 16.4. The molecule has 0 saturated heterocycles. The summed E-state index contributed by atoms with van der Waals surface area (Å²) in [6.07, 6.45) is 5.76. The molecule has 7 aromatic rings. The van der Waals surface area contributed by atoms with Crippen molar-refractivity contribution in [3.05, 3.63) is 171 Å². The van der Waals surface area contributed by atoms with Crippen LogP contribution in [0.5, 0.6) is 23.1 Å². The van der Waals surface area contributed by atoms with E-state index < -0.39 is 0 Å². The Morgan fingerprint density at radius 3 is 1.77 bits per heavy atom. The topological polar surface area (TPSA) is 40.2 Å². The third kappa shape index (κ3) is 5.54. The van der Waals surface area contributed by atoms with Gasteiger partial charge in [0, 0.05) is 41.2 Å². The number of pyridine rings is 1. The van der Waals surface area contributed by atoms with Crippen molar-refractivity contribution in [2.45, 2.75) is 0 Å². The fourth-order valence-electron chi connectivity index (χ4n) is 5.38. The number of aromatic nitrogens is 3. The lowest BCUT2D eigenvalue weighted by Crippen LogP contribution is -2.26. The predicted octanol–water partition coefficient (Wildman–Crippen LogP) is 9.39. The standard InChI is InChI=1S/C39H29N3O2/c1-41-25-26-42(38-35(29-13-4-2-5-14-29)21-12-22-36(38)30-15-6-3-7-16-30)39(41)31-17-10-18-32(27-31)43-33-19-11-20-34(28-33)44-37-23-8-9-24-40-37/h2-28H,1H2. The zero-order valence-electron chi connectivity index (χ0n) is 24.0. The van der Waals surface area contributed by atoms with Gasteiger partial charge < -0.3 is 14.0 Å². The Balaban J connectivity index is 1.29. The molecule has 5 aromatic carbocycles. The van der Waals surface area contributed by atoms with E-state index in [0.29, 0.717) is 23.1 Å². The molecule has 0 radical (unpaired) electrons. The van der Waals surface area contributed by atoms with Crippen LogP contribution in [0.1, 0.15) is 0 Å². The van der Waals surface area contributed by atoms with Gasteiger partial charge in [-0.3, -0.25) is 4.57 Å². The highest BCUT2D eigenvalue weighted by Crippen LogP contribution is 2.38. The number of nitrogens with zero attached hydrogens (tertiary/aromatic N) is 3. The monoisotopic (exact) mass is 571 g/mol. The summed E-state index contributed by atoms with van der Waals surface area (Å²) in [5.41, 5.74) is 6.57. The van der Waals surface area contributed by atoms with Gasteiger partial charge >= 0.3 is 0 Å². The summed E-state index contributed by atoms with van der Waals surface area (Å²) in [5, 5.41) is 0. The number of para-hydroxylation sites is 1. The molecule has 0 amide bonds. The van der Waals surface area contributed by atoms with E-state index in [0.717, 1.165) is 39.3 Å². The zero-order chi connectivity index (χ0) is 29.7. The third-order valence-corrected chi connectivity index (χ3v) is 7.34. The van der Waals surface area contributed by atoms with E-state index >= 15 is 0 Å². The van der Waals surface area contributed by atoms with Gasteiger partial charge in [-0.25, -0.2) is 4.98 Å². The van der Waals surface area contributed by atoms with Crippen LogP contribution in [0, 0.1) is 7.05 Å². The summed E-state index contributed by atoms with van der Waals surface area (Å²) >= 11 is 0. The van der Waals surface area contributed by atoms with Crippen molar-refractivity contribution in [3.8, 4) is 62.5 Å². The Labute approximate surface area is 256 Å². The summed E-state index contributed by atoms with van der Waals surface area (Å²) in [6.45, 7) is 0. The molecule has 2 heterocycles. The quantitative estimate of drug-likeness (QED) is 0.135. The maximum absolute atomic E-state index is 6.33. The largest absolute Gasteiger partial charge is 0.457 e. The Hall–Kier alpha value is -6.07. The first-order valence-corrected chi connectivity index (χ1v) is 14.4. The SMILES string of the molecule is [CH2-][n+]1ccn(-c2c(-c3ccccc3)cccc2-c2ccccc2)c1-c1cccc(Oc2cccc(Oc3ccccn3)c2)c1. The maximum Gasteiger partial charge on any atom is 0.219 e. The molecule has 0 atom stereocenters. The smallest absolute Gasteiger partial charge is 0.219 e. The molecule has 0 saturated carbocycles. The molecule has 7 rings (SSSR count). The van der Waals surface area contributed by atoms with Crippen LogP contribution in [-0.2, 0) is 0 Å². The van der Waals surface area contributed by atoms with Gasteiger partial charge in [-0.05, 0) is 48.5 Å². The lowest BCUT2D eigenvalue weighted by atomic mass is 9.95. The van der Waals surface area contributed by atoms with Crippen LogP contribution in [0.4, 0.5) is 0 Å². The summed E-state index contributed by atoms with van der Waals surface area (Å²) in [5.74, 6) is 3.45. The number of ether oxygens (including phenoxy) is 2. The first-order valence-electron chi connectivity index (χ1n) is 14.4. The lowest BCUT2D eigenvalue weighted by molar-refractivity contribution is -0.599. The Morgan fingerprint density at radius 1 is 0.545 bits per heavy atom. The van der Waals surface area contributed by atoms with Crippen molar-refractivity contribution in [2.75, 3.05) is 0 Å². The fourth-order valence-corrected chi connectivity index (χ4v) is 5.38. The second kappa shape index (κ2) is 12.0. The second-order valence-electron chi connectivity index (χ2n) is 10.3. The van der Waals surface area contributed by atoms with Crippen LogP contribution >= 0.6 is 0 Å². The van der Waals surface area contributed by atoms with E-state index in [2.05, 4.69) is 95.6 Å². The molecule has 5 nitrogen and oxygen atoms in total. The van der Waals surface area contributed by atoms with E-state index in [4.69, 9.17) is 9.47 Å². The maximum atomic E-state index is 6.33. The number of imidazole rings is 1. The Kier molecular flexibility index (Phi) is 7.33. The van der Waals surface area contributed by atoms with E-state index in [-0.39, 0.29) is 0 Å². The first-order chi connectivity index (χ1) is 21.7. The molecule has 0 aliphatic rings. The molecule has 212 valence electrons. The van der Waals surface area contributed by atoms with Crippen LogP contribution < -0.4 is 14.0 Å². The van der Waals surface area contributed by atoms with Crippen molar-refractivity contribution in [2.24, 2.45) is 0 Å². The molecule has 0 aliphatic heterocycles. The molecule has 0 aliphatic carbocycles. The summed E-state index contributed by atoms with van der Waals surface area (Å²) in [6, 6.07) is 48.6. The number of rotatable bonds is 8. The minimum absolute atomic E-state index is 0.526. The van der Waals surface area contributed by atoms with Gasteiger partial charge in [-0.15, -0.1) is 0 Å². The Bertz CT molecular complexity index is 1960. The van der Waals surface area contributed by atoms with Crippen molar-refractivity contribution < 1.29 is 14.0 Å². The lowest BCUT2D eigenvalue weighted by Gasteiger charge is -2.17. The average Bonchev–Trinajstić information content (AvgIpc) is 3.46. The highest BCUT2D eigenvalue weighted by molar-refractivity contribution is 5.86. The molecule has 0 bridgehead atoms. The molecule has 0 unspecified atom stereocenters. The molecule has 2 aromatic heterocycles. The van der Waals surface area contributed by atoms with Gasteiger partial charge in [-0.1, -0.05) is 103 Å². The third-order valence-electron chi connectivity index (χ3n) is 7.34. The minimum atomic E-state index is 0.526. The minimum Gasteiger partial charge on any atom is -0.457 e. The number of hydrogen-bond acceptors (Lipinski definition) is 3. The van der Waals surface area contributed by atoms with Crippen LogP contribution in [0.15, 0.2) is 164 Å². The molecular weight excluding hydrogens is 542 g/mol. The Morgan fingerprint density at radius 2 is 1.11 bits per heavy atom. The van der Waals surface area contributed by atoms with Crippen LogP contribution in [0.2, 0.25) is 0 Å². The average molecular weight is 572 g/mol. The van der Waals surface area contributed by atoms with Crippen LogP contribution in [-0.4, -0.2) is 9.55 Å². The van der Waals surface area contributed by atoms with E-state index in [1.165, 1.54) is 0 Å². The normalized spacial score (nSPS) is 10.8. The second-order valence-corrected chi connectivity index (χ2v) is 10.3. The summed E-state index contributed by atoms with van der Waals surface area (Å²) in [7, 11) is 4.35. The zero-order valence-corrected chi connectivity index (χ0v) is 24.0. The van der Waals surface area contributed by atoms with Gasteiger partial charge in [0.05, 0.1) is 6.20 Å². The van der Waals surface area contributed by atoms with Crippen LogP contribution in [0.25, 0.3) is 39.3 Å². The summed E-state index contributed by atoms with van der Waals surface area (Å²) in [4.78, 5) is 4.25. The number of benzene rings is 5. The molecule has 0 fully saturated rings. The molecule has 5 heteroatoms. The van der Waals surface area contributed by atoms with Crippen molar-refractivity contribution in [1.29, 1.82) is 0 Å². The number of hydrogen-bond donors (Lipinski definition) is 0. The van der Waals surface area contributed by atoms with Crippen molar-refractivity contribution in [1.82, 2.24) is 9.55 Å². The molecule has 0 N–H and O–H groups in total. The van der Waals surface area contributed by atoms with Gasteiger partial charge in [0.15, 0.2) is 5.82 Å². The van der Waals surface area contributed by atoms with Gasteiger partial charge in [-0.2, -0.15) is 0 Å². The fraction of sp³-hybridized carbons (Fsp3) is 0.